The zero-order valence-electron chi connectivity index (χ0n) is 10.2. The summed E-state index contributed by atoms with van der Waals surface area (Å²) in [6.07, 6.45) is 10.2. The molecule has 1 fully saturated rings. The summed E-state index contributed by atoms with van der Waals surface area (Å²) in [6.45, 7) is 0. The molecule has 0 unspecified atom stereocenters. The highest BCUT2D eigenvalue weighted by Crippen LogP contribution is 2.27. The van der Waals surface area contributed by atoms with Crippen molar-refractivity contribution in [1.29, 1.82) is 0 Å². The van der Waals surface area contributed by atoms with Crippen molar-refractivity contribution in [3.63, 3.8) is 0 Å². The SMILES string of the molecule is c1ccc2cc(CC3CCCCC3)ncc2c1. The van der Waals surface area contributed by atoms with Gasteiger partial charge >= 0.3 is 0 Å². The molecule has 0 radical (unpaired) electrons. The minimum atomic E-state index is 0.873. The Balaban J connectivity index is 1.80. The maximum absolute atomic E-state index is 4.60. The van der Waals surface area contributed by atoms with E-state index in [1.807, 2.05) is 6.20 Å². The van der Waals surface area contributed by atoms with Gasteiger partial charge in [0.1, 0.15) is 0 Å². The highest BCUT2D eigenvalue weighted by molar-refractivity contribution is 5.81. The molecule has 17 heavy (non-hydrogen) atoms. The van der Waals surface area contributed by atoms with Crippen LogP contribution in [0, 0.1) is 5.92 Å². The first-order valence-electron chi connectivity index (χ1n) is 6.75. The zero-order valence-corrected chi connectivity index (χ0v) is 10.2. The molecule has 1 aliphatic rings. The van der Waals surface area contributed by atoms with E-state index in [2.05, 4.69) is 35.3 Å². The van der Waals surface area contributed by atoms with E-state index in [0.717, 1.165) is 5.92 Å². The van der Waals surface area contributed by atoms with Gasteiger partial charge in [-0.05, 0) is 23.8 Å². The third kappa shape index (κ3) is 2.49. The Morgan fingerprint density at radius 3 is 2.59 bits per heavy atom. The molecule has 0 spiro atoms. The van der Waals surface area contributed by atoms with E-state index in [9.17, 15) is 0 Å². The maximum atomic E-state index is 4.60. The van der Waals surface area contributed by atoms with Crippen LogP contribution >= 0.6 is 0 Å². The van der Waals surface area contributed by atoms with E-state index >= 15 is 0 Å². The standard InChI is InChI=1S/C16H19N/c1-2-6-13(7-3-1)10-16-11-14-8-4-5-9-15(14)12-17-16/h4-5,8-9,11-13H,1-3,6-7,10H2. The van der Waals surface area contributed by atoms with Crippen LogP contribution < -0.4 is 0 Å². The van der Waals surface area contributed by atoms with Crippen molar-refractivity contribution in [2.24, 2.45) is 5.92 Å². The zero-order chi connectivity index (χ0) is 11.5. The molecule has 0 atom stereocenters. The smallest absolute Gasteiger partial charge is 0.0412 e. The van der Waals surface area contributed by atoms with Crippen LogP contribution in [0.3, 0.4) is 0 Å². The Morgan fingerprint density at radius 1 is 1.00 bits per heavy atom. The molecular formula is C16H19N. The number of benzene rings is 1. The topological polar surface area (TPSA) is 12.9 Å². The molecule has 0 amide bonds. The lowest BCUT2D eigenvalue weighted by molar-refractivity contribution is 0.354. The van der Waals surface area contributed by atoms with Gasteiger partial charge in [0.2, 0.25) is 0 Å². The first-order valence-corrected chi connectivity index (χ1v) is 6.75. The second-order valence-corrected chi connectivity index (χ2v) is 5.23. The average Bonchev–Trinajstić information content (AvgIpc) is 2.40. The summed E-state index contributed by atoms with van der Waals surface area (Å²) in [5.74, 6) is 0.873. The second-order valence-electron chi connectivity index (χ2n) is 5.23. The number of hydrogen-bond acceptors (Lipinski definition) is 1. The van der Waals surface area contributed by atoms with Crippen LogP contribution in [0.2, 0.25) is 0 Å². The molecule has 0 N–H and O–H groups in total. The summed E-state index contributed by atoms with van der Waals surface area (Å²) in [4.78, 5) is 4.60. The molecule has 1 aromatic carbocycles. The van der Waals surface area contributed by atoms with Gasteiger partial charge < -0.3 is 0 Å². The van der Waals surface area contributed by atoms with E-state index < -0.39 is 0 Å². The molecular weight excluding hydrogens is 206 g/mol. The normalized spacial score (nSPS) is 17.4. The number of rotatable bonds is 2. The minimum Gasteiger partial charge on any atom is -0.261 e. The molecule has 88 valence electrons. The average molecular weight is 225 g/mol. The van der Waals surface area contributed by atoms with Crippen LogP contribution in [0.15, 0.2) is 36.5 Å². The third-order valence-electron chi connectivity index (χ3n) is 3.91. The highest BCUT2D eigenvalue weighted by atomic mass is 14.7. The van der Waals surface area contributed by atoms with Crippen molar-refractivity contribution in [3.05, 3.63) is 42.2 Å². The van der Waals surface area contributed by atoms with Gasteiger partial charge in [-0.2, -0.15) is 0 Å². The Labute approximate surface area is 103 Å². The van der Waals surface area contributed by atoms with Crippen LogP contribution in [0.1, 0.15) is 37.8 Å². The van der Waals surface area contributed by atoms with Gasteiger partial charge in [0.15, 0.2) is 0 Å². The van der Waals surface area contributed by atoms with E-state index in [-0.39, 0.29) is 0 Å². The lowest BCUT2D eigenvalue weighted by Gasteiger charge is -2.21. The number of aromatic nitrogens is 1. The largest absolute Gasteiger partial charge is 0.261 e. The summed E-state index contributed by atoms with van der Waals surface area (Å²) < 4.78 is 0. The van der Waals surface area contributed by atoms with Gasteiger partial charge in [-0.3, -0.25) is 4.98 Å². The Kier molecular flexibility index (Phi) is 3.08. The molecule has 0 aliphatic heterocycles. The first kappa shape index (κ1) is 10.8. The fourth-order valence-corrected chi connectivity index (χ4v) is 2.93. The highest BCUT2D eigenvalue weighted by Gasteiger charge is 2.14. The van der Waals surface area contributed by atoms with Crippen LogP contribution in [0.25, 0.3) is 10.8 Å². The second kappa shape index (κ2) is 4.87. The van der Waals surface area contributed by atoms with Gasteiger partial charge in [-0.25, -0.2) is 0 Å². The monoisotopic (exact) mass is 225 g/mol. The molecule has 1 aromatic heterocycles. The van der Waals surface area contributed by atoms with Crippen molar-refractivity contribution in [3.8, 4) is 0 Å². The Hall–Kier alpha value is -1.37. The first-order chi connectivity index (χ1) is 8.42. The predicted molar refractivity (Wildman–Crippen MR) is 72.0 cm³/mol. The third-order valence-corrected chi connectivity index (χ3v) is 3.91. The molecule has 0 bridgehead atoms. The number of nitrogens with zero attached hydrogens (tertiary/aromatic N) is 1. The van der Waals surface area contributed by atoms with Crippen molar-refractivity contribution in [1.82, 2.24) is 4.98 Å². The maximum Gasteiger partial charge on any atom is 0.0412 e. The summed E-state index contributed by atoms with van der Waals surface area (Å²) in [5, 5.41) is 2.58. The van der Waals surface area contributed by atoms with Crippen molar-refractivity contribution in [2.45, 2.75) is 38.5 Å². The van der Waals surface area contributed by atoms with Gasteiger partial charge in [-0.15, -0.1) is 0 Å². The van der Waals surface area contributed by atoms with Crippen molar-refractivity contribution in [2.75, 3.05) is 0 Å². The Bertz CT molecular complexity index is 498. The molecule has 1 heteroatoms. The summed E-state index contributed by atoms with van der Waals surface area (Å²) in [6, 6.07) is 10.8. The quantitative estimate of drug-likeness (QED) is 0.740. The molecule has 1 aliphatic carbocycles. The predicted octanol–water partition coefficient (Wildman–Crippen LogP) is 4.36. The summed E-state index contributed by atoms with van der Waals surface area (Å²) in [7, 11) is 0. The number of hydrogen-bond donors (Lipinski definition) is 0. The van der Waals surface area contributed by atoms with Gasteiger partial charge in [0.05, 0.1) is 0 Å². The minimum absolute atomic E-state index is 0.873. The van der Waals surface area contributed by atoms with Gasteiger partial charge in [-0.1, -0.05) is 56.4 Å². The summed E-state index contributed by atoms with van der Waals surface area (Å²) in [5.41, 5.74) is 1.27. The molecule has 1 nitrogen and oxygen atoms in total. The van der Waals surface area contributed by atoms with Crippen LogP contribution in [0.5, 0.6) is 0 Å². The molecule has 1 heterocycles. The van der Waals surface area contributed by atoms with E-state index in [1.54, 1.807) is 0 Å². The number of fused-ring (bicyclic) bond motifs is 1. The van der Waals surface area contributed by atoms with Gasteiger partial charge in [0.25, 0.3) is 0 Å². The molecule has 2 aromatic rings. The fraction of sp³-hybridized carbons (Fsp3) is 0.438. The van der Waals surface area contributed by atoms with E-state index in [1.165, 1.54) is 55.0 Å². The lowest BCUT2D eigenvalue weighted by atomic mass is 9.86. The molecule has 3 rings (SSSR count). The van der Waals surface area contributed by atoms with E-state index in [0.29, 0.717) is 0 Å². The van der Waals surface area contributed by atoms with Gasteiger partial charge in [0, 0.05) is 17.3 Å². The fourth-order valence-electron chi connectivity index (χ4n) is 2.93. The van der Waals surface area contributed by atoms with Crippen molar-refractivity contribution >= 4 is 10.8 Å². The van der Waals surface area contributed by atoms with Crippen molar-refractivity contribution < 1.29 is 0 Å². The molecule has 1 saturated carbocycles. The van der Waals surface area contributed by atoms with Crippen LogP contribution in [-0.2, 0) is 6.42 Å². The number of pyridine rings is 1. The van der Waals surface area contributed by atoms with Crippen LogP contribution in [0.4, 0.5) is 0 Å². The molecule has 0 saturated heterocycles. The van der Waals surface area contributed by atoms with E-state index in [4.69, 9.17) is 0 Å². The summed E-state index contributed by atoms with van der Waals surface area (Å²) >= 11 is 0. The lowest BCUT2D eigenvalue weighted by Crippen LogP contribution is -2.10. The Morgan fingerprint density at radius 2 is 1.76 bits per heavy atom. The van der Waals surface area contributed by atoms with Crippen LogP contribution in [-0.4, -0.2) is 4.98 Å².